The standard InChI is InChI=1S/C32H31Cl2N5O4/c1-38-26-11-13-39(14-15-43-21-8-9-21)17-25(26)36-31(38)32(41)37-24-5-3-4-22(28(24)33)23-10-12-35-30(29(23)34)19-6-7-20(18-40)27(16-19)42-2/h3-7,10,12,16,18,21H,8-9,11,13-15,17H2,1-2H3,(H,37,41). The van der Waals surface area contributed by atoms with Crippen LogP contribution in [0.25, 0.3) is 22.4 Å². The molecule has 1 saturated carbocycles. The predicted octanol–water partition coefficient (Wildman–Crippen LogP) is 6.07. The van der Waals surface area contributed by atoms with Crippen molar-refractivity contribution in [1.82, 2.24) is 19.4 Å². The van der Waals surface area contributed by atoms with Gasteiger partial charge in [-0.3, -0.25) is 19.5 Å². The maximum atomic E-state index is 13.4. The molecule has 0 bridgehead atoms. The third-order valence-corrected chi connectivity index (χ3v) is 8.67. The van der Waals surface area contributed by atoms with Crippen molar-refractivity contribution in [2.45, 2.75) is 31.9 Å². The lowest BCUT2D eigenvalue weighted by atomic mass is 10.0. The summed E-state index contributed by atoms with van der Waals surface area (Å²) >= 11 is 13.7. The topological polar surface area (TPSA) is 98.6 Å². The molecule has 0 saturated heterocycles. The Morgan fingerprint density at radius 2 is 1.95 bits per heavy atom. The number of carbonyl (C=O) groups is 2. The van der Waals surface area contributed by atoms with Gasteiger partial charge in [0, 0.05) is 61.7 Å². The lowest BCUT2D eigenvalue weighted by Gasteiger charge is -2.26. The van der Waals surface area contributed by atoms with E-state index >= 15 is 0 Å². The number of halogens is 2. The van der Waals surface area contributed by atoms with Crippen LogP contribution in [0.3, 0.4) is 0 Å². The number of imidazole rings is 1. The fraction of sp³-hybridized carbons (Fsp3) is 0.312. The van der Waals surface area contributed by atoms with Crippen LogP contribution in [0.1, 0.15) is 45.2 Å². The molecule has 9 nitrogen and oxygen atoms in total. The molecular weight excluding hydrogens is 589 g/mol. The Bertz CT molecular complexity index is 1700. The van der Waals surface area contributed by atoms with Gasteiger partial charge in [-0.05, 0) is 37.1 Å². The first-order chi connectivity index (χ1) is 20.9. The number of aldehydes is 1. The van der Waals surface area contributed by atoms with Gasteiger partial charge in [0.25, 0.3) is 5.91 Å². The van der Waals surface area contributed by atoms with Crippen molar-refractivity contribution in [2.75, 3.05) is 32.1 Å². The van der Waals surface area contributed by atoms with E-state index in [4.69, 9.17) is 37.7 Å². The molecule has 2 aliphatic rings. The van der Waals surface area contributed by atoms with Crippen molar-refractivity contribution >= 4 is 41.1 Å². The molecule has 1 aliphatic heterocycles. The second-order valence-corrected chi connectivity index (χ2v) is 11.5. The molecule has 1 N–H and O–H groups in total. The number of nitrogens with zero attached hydrogens (tertiary/aromatic N) is 4. The van der Waals surface area contributed by atoms with Crippen LogP contribution in [0.5, 0.6) is 5.75 Å². The van der Waals surface area contributed by atoms with Crippen molar-refractivity contribution in [3.05, 3.63) is 81.5 Å². The van der Waals surface area contributed by atoms with Crippen molar-refractivity contribution < 1.29 is 19.1 Å². The number of nitrogens with one attached hydrogen (secondary N) is 1. The summed E-state index contributed by atoms with van der Waals surface area (Å²) in [4.78, 5) is 36.3. The predicted molar refractivity (Wildman–Crippen MR) is 166 cm³/mol. The Balaban J connectivity index is 1.22. The number of aromatic nitrogens is 3. The molecule has 4 aromatic rings. The van der Waals surface area contributed by atoms with Gasteiger partial charge in [0.05, 0.1) is 52.5 Å². The zero-order chi connectivity index (χ0) is 30.1. The van der Waals surface area contributed by atoms with Gasteiger partial charge in [-0.1, -0.05) is 41.4 Å². The summed E-state index contributed by atoms with van der Waals surface area (Å²) in [5.74, 6) is 0.410. The molecule has 0 radical (unpaired) electrons. The van der Waals surface area contributed by atoms with E-state index in [1.807, 2.05) is 17.7 Å². The van der Waals surface area contributed by atoms with Crippen molar-refractivity contribution in [3.63, 3.8) is 0 Å². The molecule has 3 heterocycles. The van der Waals surface area contributed by atoms with Crippen LogP contribution in [0.2, 0.25) is 10.0 Å². The molecule has 11 heteroatoms. The van der Waals surface area contributed by atoms with Gasteiger partial charge in [-0.2, -0.15) is 0 Å². The van der Waals surface area contributed by atoms with E-state index in [-0.39, 0.29) is 5.91 Å². The van der Waals surface area contributed by atoms with Crippen molar-refractivity contribution in [1.29, 1.82) is 0 Å². The van der Waals surface area contributed by atoms with E-state index in [0.717, 1.165) is 43.8 Å². The summed E-state index contributed by atoms with van der Waals surface area (Å²) in [6.45, 7) is 3.16. The number of ether oxygens (including phenoxy) is 2. The van der Waals surface area contributed by atoms with Crippen LogP contribution in [-0.2, 0) is 24.8 Å². The van der Waals surface area contributed by atoms with E-state index in [9.17, 15) is 9.59 Å². The molecule has 43 heavy (non-hydrogen) atoms. The summed E-state index contributed by atoms with van der Waals surface area (Å²) in [7, 11) is 3.37. The van der Waals surface area contributed by atoms with Gasteiger partial charge in [0.1, 0.15) is 5.75 Å². The molecule has 222 valence electrons. The minimum absolute atomic E-state index is 0.333. The molecule has 1 aliphatic carbocycles. The monoisotopic (exact) mass is 619 g/mol. The number of fused-ring (bicyclic) bond motifs is 1. The number of carbonyl (C=O) groups excluding carboxylic acids is 2. The first-order valence-corrected chi connectivity index (χ1v) is 14.9. The zero-order valence-corrected chi connectivity index (χ0v) is 25.4. The largest absolute Gasteiger partial charge is 0.496 e. The molecule has 0 unspecified atom stereocenters. The number of anilines is 1. The van der Waals surface area contributed by atoms with Crippen LogP contribution in [0, 0.1) is 0 Å². The maximum Gasteiger partial charge on any atom is 0.291 e. The van der Waals surface area contributed by atoms with Gasteiger partial charge >= 0.3 is 0 Å². The highest BCUT2D eigenvalue weighted by atomic mass is 35.5. The Labute approximate surface area is 259 Å². The minimum Gasteiger partial charge on any atom is -0.496 e. The van der Waals surface area contributed by atoms with Crippen LogP contribution in [0.4, 0.5) is 5.69 Å². The molecule has 6 rings (SSSR count). The molecule has 2 aromatic carbocycles. The second kappa shape index (κ2) is 12.5. The Morgan fingerprint density at radius 1 is 1.14 bits per heavy atom. The normalized spacial score (nSPS) is 14.8. The number of benzene rings is 2. The van der Waals surface area contributed by atoms with Crippen molar-refractivity contribution in [2.24, 2.45) is 7.05 Å². The number of methoxy groups -OCH3 is 1. The summed E-state index contributed by atoms with van der Waals surface area (Å²) < 4.78 is 13.0. The zero-order valence-electron chi connectivity index (χ0n) is 23.9. The van der Waals surface area contributed by atoms with Gasteiger partial charge in [-0.25, -0.2) is 4.98 Å². The fourth-order valence-corrected chi connectivity index (χ4v) is 5.98. The van der Waals surface area contributed by atoms with Crippen LogP contribution in [-0.4, -0.2) is 64.5 Å². The van der Waals surface area contributed by atoms with E-state index in [2.05, 4.69) is 15.2 Å². The third kappa shape index (κ3) is 6.03. The Hall–Kier alpha value is -3.76. The summed E-state index contributed by atoms with van der Waals surface area (Å²) in [6, 6.07) is 12.3. The highest BCUT2D eigenvalue weighted by molar-refractivity contribution is 6.39. The lowest BCUT2D eigenvalue weighted by molar-refractivity contribution is 0.0871. The number of pyridine rings is 1. The smallest absolute Gasteiger partial charge is 0.291 e. The summed E-state index contributed by atoms with van der Waals surface area (Å²) in [5, 5.41) is 3.66. The quantitative estimate of drug-likeness (QED) is 0.215. The average molecular weight is 621 g/mol. The first-order valence-electron chi connectivity index (χ1n) is 14.1. The summed E-state index contributed by atoms with van der Waals surface area (Å²) in [6.07, 6.45) is 5.96. The van der Waals surface area contributed by atoms with Crippen LogP contribution >= 0.6 is 23.2 Å². The Morgan fingerprint density at radius 3 is 2.72 bits per heavy atom. The SMILES string of the molecule is COc1cc(-c2nccc(-c3cccc(NC(=O)c4nc5c(n4C)CCN(CCOC4CC4)C5)c3Cl)c2Cl)ccc1C=O. The molecule has 2 aromatic heterocycles. The van der Waals surface area contributed by atoms with Gasteiger partial charge < -0.3 is 19.4 Å². The van der Waals surface area contributed by atoms with E-state index in [0.29, 0.717) is 67.9 Å². The first kappa shape index (κ1) is 29.3. The highest BCUT2D eigenvalue weighted by Crippen LogP contribution is 2.41. The van der Waals surface area contributed by atoms with E-state index in [1.165, 1.54) is 20.0 Å². The van der Waals surface area contributed by atoms with E-state index in [1.54, 1.807) is 42.6 Å². The number of rotatable bonds is 10. The molecular formula is C32H31Cl2N5O4. The fourth-order valence-electron chi connectivity index (χ4n) is 5.38. The number of hydrogen-bond donors (Lipinski definition) is 1. The lowest BCUT2D eigenvalue weighted by Crippen LogP contribution is -2.34. The highest BCUT2D eigenvalue weighted by Gasteiger charge is 2.27. The minimum atomic E-state index is -0.344. The molecule has 0 spiro atoms. The molecule has 1 amide bonds. The van der Waals surface area contributed by atoms with Gasteiger partial charge in [0.2, 0.25) is 0 Å². The molecule has 0 atom stereocenters. The van der Waals surface area contributed by atoms with Crippen molar-refractivity contribution in [3.8, 4) is 28.1 Å². The van der Waals surface area contributed by atoms with Crippen LogP contribution < -0.4 is 10.1 Å². The van der Waals surface area contributed by atoms with Gasteiger partial charge in [0.15, 0.2) is 12.1 Å². The van der Waals surface area contributed by atoms with E-state index < -0.39 is 0 Å². The second-order valence-electron chi connectivity index (χ2n) is 10.7. The van der Waals surface area contributed by atoms with Gasteiger partial charge in [-0.15, -0.1) is 0 Å². The average Bonchev–Trinajstić information content (AvgIpc) is 3.79. The summed E-state index contributed by atoms with van der Waals surface area (Å²) in [5.41, 5.74) is 5.31. The number of amides is 1. The molecule has 1 fully saturated rings. The maximum absolute atomic E-state index is 13.4. The van der Waals surface area contributed by atoms with Crippen LogP contribution in [0.15, 0.2) is 48.7 Å². The Kier molecular flexibility index (Phi) is 8.50. The third-order valence-electron chi connectivity index (χ3n) is 7.88. The number of hydrogen-bond acceptors (Lipinski definition) is 7.